The number of rotatable bonds is 5. The Kier molecular flexibility index (Phi) is 4.62. The number of hydrogen-bond donors (Lipinski definition) is 1. The van der Waals surface area contributed by atoms with Gasteiger partial charge in [0.15, 0.2) is 0 Å². The molecule has 90 valence electrons. The van der Waals surface area contributed by atoms with Crippen molar-refractivity contribution in [3.8, 4) is 5.75 Å². The van der Waals surface area contributed by atoms with E-state index in [4.69, 9.17) is 4.74 Å². The lowest BCUT2D eigenvalue weighted by molar-refractivity contribution is 0.414. The first-order chi connectivity index (χ1) is 7.60. The highest BCUT2D eigenvalue weighted by atomic mass is 16.5. The molecule has 0 bridgehead atoms. The van der Waals surface area contributed by atoms with E-state index < -0.39 is 0 Å². The molecule has 0 saturated carbocycles. The minimum absolute atomic E-state index is 0.955. The van der Waals surface area contributed by atoms with Crippen molar-refractivity contribution in [1.82, 2.24) is 5.32 Å². The summed E-state index contributed by atoms with van der Waals surface area (Å²) in [7, 11) is 5.79. The Morgan fingerprint density at radius 1 is 1.31 bits per heavy atom. The predicted molar refractivity (Wildman–Crippen MR) is 69.7 cm³/mol. The Bertz CT molecular complexity index is 350. The van der Waals surface area contributed by atoms with Crippen LogP contribution in [0.2, 0.25) is 0 Å². The maximum Gasteiger partial charge on any atom is 0.142 e. The fourth-order valence-electron chi connectivity index (χ4n) is 1.96. The minimum Gasteiger partial charge on any atom is -0.495 e. The maximum atomic E-state index is 5.45. The van der Waals surface area contributed by atoms with Crippen molar-refractivity contribution in [3.63, 3.8) is 0 Å². The predicted octanol–water partition coefficient (Wildman–Crippen LogP) is 1.97. The molecule has 0 saturated heterocycles. The molecule has 0 aliphatic rings. The standard InChI is InChI=1S/C13H22N2O/c1-10-8-11(2)13(12(9-10)16-5)15(4)7-6-14-3/h8-9,14H,6-7H2,1-5H3. The van der Waals surface area contributed by atoms with Crippen molar-refractivity contribution >= 4 is 5.69 Å². The van der Waals surface area contributed by atoms with Crippen LogP contribution in [-0.4, -0.2) is 34.3 Å². The zero-order valence-corrected chi connectivity index (χ0v) is 10.9. The number of benzene rings is 1. The number of hydrogen-bond acceptors (Lipinski definition) is 3. The minimum atomic E-state index is 0.955. The lowest BCUT2D eigenvalue weighted by atomic mass is 10.1. The fraction of sp³-hybridized carbons (Fsp3) is 0.538. The molecule has 1 rings (SSSR count). The highest BCUT2D eigenvalue weighted by Gasteiger charge is 2.11. The molecule has 0 radical (unpaired) electrons. The lowest BCUT2D eigenvalue weighted by Gasteiger charge is -2.24. The van der Waals surface area contributed by atoms with Gasteiger partial charge in [-0.1, -0.05) is 6.07 Å². The van der Waals surface area contributed by atoms with Crippen LogP contribution in [0.15, 0.2) is 12.1 Å². The summed E-state index contributed by atoms with van der Waals surface area (Å²) in [5.74, 6) is 0.955. The molecule has 16 heavy (non-hydrogen) atoms. The van der Waals surface area contributed by atoms with Gasteiger partial charge < -0.3 is 15.0 Å². The zero-order valence-electron chi connectivity index (χ0n) is 10.9. The molecular weight excluding hydrogens is 200 g/mol. The second-order valence-corrected chi connectivity index (χ2v) is 4.16. The van der Waals surface area contributed by atoms with E-state index in [1.165, 1.54) is 16.8 Å². The van der Waals surface area contributed by atoms with Gasteiger partial charge >= 0.3 is 0 Å². The number of anilines is 1. The number of nitrogens with one attached hydrogen (secondary N) is 1. The SMILES string of the molecule is CNCCN(C)c1c(C)cc(C)cc1OC. The molecule has 0 fully saturated rings. The summed E-state index contributed by atoms with van der Waals surface area (Å²) in [6.07, 6.45) is 0. The summed E-state index contributed by atoms with van der Waals surface area (Å²) in [5.41, 5.74) is 3.68. The van der Waals surface area contributed by atoms with Crippen LogP contribution in [0.3, 0.4) is 0 Å². The van der Waals surface area contributed by atoms with E-state index >= 15 is 0 Å². The number of methoxy groups -OCH3 is 1. The second-order valence-electron chi connectivity index (χ2n) is 4.16. The van der Waals surface area contributed by atoms with Crippen LogP contribution in [0.5, 0.6) is 5.75 Å². The number of aryl methyl sites for hydroxylation is 2. The molecule has 1 aromatic carbocycles. The van der Waals surface area contributed by atoms with Gasteiger partial charge in [-0.25, -0.2) is 0 Å². The highest BCUT2D eigenvalue weighted by Crippen LogP contribution is 2.32. The van der Waals surface area contributed by atoms with E-state index in [-0.39, 0.29) is 0 Å². The van der Waals surface area contributed by atoms with Gasteiger partial charge in [-0.15, -0.1) is 0 Å². The van der Waals surface area contributed by atoms with Crippen LogP contribution in [-0.2, 0) is 0 Å². The molecule has 0 amide bonds. The molecule has 0 aliphatic carbocycles. The smallest absolute Gasteiger partial charge is 0.142 e. The van der Waals surface area contributed by atoms with Crippen molar-refractivity contribution in [2.45, 2.75) is 13.8 Å². The van der Waals surface area contributed by atoms with Crippen molar-refractivity contribution in [2.75, 3.05) is 39.2 Å². The first-order valence-corrected chi connectivity index (χ1v) is 5.61. The van der Waals surface area contributed by atoms with E-state index in [0.29, 0.717) is 0 Å². The van der Waals surface area contributed by atoms with E-state index in [9.17, 15) is 0 Å². The van der Waals surface area contributed by atoms with Gasteiger partial charge in [0.05, 0.1) is 12.8 Å². The first-order valence-electron chi connectivity index (χ1n) is 5.61. The Morgan fingerprint density at radius 3 is 2.56 bits per heavy atom. The third kappa shape index (κ3) is 2.89. The molecule has 1 N–H and O–H groups in total. The quantitative estimate of drug-likeness (QED) is 0.824. The summed E-state index contributed by atoms with van der Waals surface area (Å²) in [5, 5.41) is 3.15. The maximum absolute atomic E-state index is 5.45. The Morgan fingerprint density at radius 2 is 2.00 bits per heavy atom. The van der Waals surface area contributed by atoms with E-state index in [0.717, 1.165) is 18.8 Å². The average Bonchev–Trinajstić information content (AvgIpc) is 2.24. The molecule has 3 heteroatoms. The number of ether oxygens (including phenoxy) is 1. The topological polar surface area (TPSA) is 24.5 Å². The normalized spacial score (nSPS) is 10.3. The zero-order chi connectivity index (χ0) is 12.1. The summed E-state index contributed by atoms with van der Waals surface area (Å²) in [4.78, 5) is 2.23. The number of likely N-dealkylation sites (N-methyl/N-ethyl adjacent to an activating group) is 2. The lowest BCUT2D eigenvalue weighted by Crippen LogP contribution is -2.28. The van der Waals surface area contributed by atoms with Crippen LogP contribution in [0.25, 0.3) is 0 Å². The molecular formula is C13H22N2O. The highest BCUT2D eigenvalue weighted by molar-refractivity contribution is 5.64. The van der Waals surface area contributed by atoms with Gasteiger partial charge in [0.2, 0.25) is 0 Å². The van der Waals surface area contributed by atoms with Gasteiger partial charge in [-0.05, 0) is 38.1 Å². The molecule has 0 aliphatic heterocycles. The summed E-state index contributed by atoms with van der Waals surface area (Å²) < 4.78 is 5.45. The van der Waals surface area contributed by atoms with Crippen LogP contribution >= 0.6 is 0 Å². The molecule has 0 heterocycles. The van der Waals surface area contributed by atoms with E-state index in [1.54, 1.807) is 7.11 Å². The van der Waals surface area contributed by atoms with Crippen molar-refractivity contribution in [1.29, 1.82) is 0 Å². The summed E-state index contributed by atoms with van der Waals surface area (Å²) in [6.45, 7) is 6.15. The van der Waals surface area contributed by atoms with Gasteiger partial charge in [-0.2, -0.15) is 0 Å². The monoisotopic (exact) mass is 222 g/mol. The largest absolute Gasteiger partial charge is 0.495 e. The Labute approximate surface area is 98.4 Å². The Balaban J connectivity index is 3.01. The van der Waals surface area contributed by atoms with Gasteiger partial charge in [0.1, 0.15) is 5.75 Å². The third-order valence-electron chi connectivity index (χ3n) is 2.71. The van der Waals surface area contributed by atoms with Gasteiger partial charge in [0.25, 0.3) is 0 Å². The van der Waals surface area contributed by atoms with E-state index in [1.807, 2.05) is 7.05 Å². The van der Waals surface area contributed by atoms with Crippen molar-refractivity contribution < 1.29 is 4.74 Å². The van der Waals surface area contributed by atoms with Crippen molar-refractivity contribution in [3.05, 3.63) is 23.3 Å². The average molecular weight is 222 g/mol. The van der Waals surface area contributed by atoms with Gasteiger partial charge in [-0.3, -0.25) is 0 Å². The summed E-state index contributed by atoms with van der Waals surface area (Å²) >= 11 is 0. The first kappa shape index (κ1) is 12.8. The Hall–Kier alpha value is -1.22. The summed E-state index contributed by atoms with van der Waals surface area (Å²) in [6, 6.07) is 4.27. The third-order valence-corrected chi connectivity index (χ3v) is 2.71. The molecule has 0 aromatic heterocycles. The molecule has 0 atom stereocenters. The second kappa shape index (κ2) is 5.75. The van der Waals surface area contributed by atoms with Gasteiger partial charge in [0, 0.05) is 20.1 Å². The van der Waals surface area contributed by atoms with Crippen LogP contribution in [0.1, 0.15) is 11.1 Å². The molecule has 1 aromatic rings. The fourth-order valence-corrected chi connectivity index (χ4v) is 1.96. The molecule has 0 unspecified atom stereocenters. The van der Waals surface area contributed by atoms with Crippen molar-refractivity contribution in [2.24, 2.45) is 0 Å². The van der Waals surface area contributed by atoms with E-state index in [2.05, 4.69) is 43.2 Å². The molecule has 3 nitrogen and oxygen atoms in total. The number of nitrogens with zero attached hydrogens (tertiary/aromatic N) is 1. The van der Waals surface area contributed by atoms with Crippen LogP contribution in [0, 0.1) is 13.8 Å². The van der Waals surface area contributed by atoms with Crippen LogP contribution < -0.4 is 15.0 Å². The van der Waals surface area contributed by atoms with Crippen LogP contribution in [0.4, 0.5) is 5.69 Å². The molecule has 0 spiro atoms.